The molecular weight excluding hydrogens is 307 g/mol. The molecule has 1 N–H and O–H groups in total. The molecule has 0 aromatic heterocycles. The van der Waals surface area contributed by atoms with Crippen LogP contribution in [0.2, 0.25) is 10.0 Å². The van der Waals surface area contributed by atoms with Gasteiger partial charge in [0, 0.05) is 15.6 Å². The van der Waals surface area contributed by atoms with Crippen molar-refractivity contribution in [2.75, 3.05) is 5.32 Å². The number of carbonyl (C=O) groups excluding carboxylic acids is 1. The number of halogens is 4. The maximum atomic E-state index is 13.5. The van der Waals surface area contributed by atoms with Gasteiger partial charge in [-0.05, 0) is 30.3 Å². The number of anilines is 1. The molecule has 0 saturated heterocycles. The van der Waals surface area contributed by atoms with E-state index in [2.05, 4.69) is 5.32 Å². The predicted octanol–water partition coefficient (Wildman–Crippen LogP) is 4.45. The first kappa shape index (κ1) is 14.8. The molecule has 1 amide bonds. The molecule has 6 heteroatoms. The first-order chi connectivity index (χ1) is 9.47. The van der Waals surface area contributed by atoms with Gasteiger partial charge in [-0.25, -0.2) is 8.78 Å². The van der Waals surface area contributed by atoms with E-state index >= 15 is 0 Å². The van der Waals surface area contributed by atoms with Crippen LogP contribution in [0.25, 0.3) is 0 Å². The third kappa shape index (κ3) is 3.46. The number of hydrogen-bond acceptors (Lipinski definition) is 1. The predicted molar refractivity (Wildman–Crippen MR) is 75.2 cm³/mol. The number of benzene rings is 2. The van der Waals surface area contributed by atoms with Crippen molar-refractivity contribution in [1.82, 2.24) is 0 Å². The zero-order valence-corrected chi connectivity index (χ0v) is 11.6. The second-order valence-corrected chi connectivity index (χ2v) is 4.89. The van der Waals surface area contributed by atoms with Crippen LogP contribution >= 0.6 is 23.2 Å². The molecule has 2 nitrogen and oxygen atoms in total. The molecule has 104 valence electrons. The number of rotatable bonds is 3. The van der Waals surface area contributed by atoms with Gasteiger partial charge in [-0.2, -0.15) is 0 Å². The molecule has 0 heterocycles. The third-order valence-corrected chi connectivity index (χ3v) is 3.19. The van der Waals surface area contributed by atoms with Gasteiger partial charge in [-0.15, -0.1) is 0 Å². The lowest BCUT2D eigenvalue weighted by Crippen LogP contribution is -2.16. The first-order valence-corrected chi connectivity index (χ1v) is 6.41. The fourth-order valence-electron chi connectivity index (χ4n) is 1.65. The summed E-state index contributed by atoms with van der Waals surface area (Å²) in [6, 6.07) is 7.89. The molecule has 20 heavy (non-hydrogen) atoms. The van der Waals surface area contributed by atoms with Crippen molar-refractivity contribution in [3.63, 3.8) is 0 Å². The second kappa shape index (κ2) is 6.20. The second-order valence-electron chi connectivity index (χ2n) is 4.05. The lowest BCUT2D eigenvalue weighted by atomic mass is 10.1. The van der Waals surface area contributed by atoms with Crippen LogP contribution in [-0.2, 0) is 11.2 Å². The van der Waals surface area contributed by atoms with E-state index in [0.29, 0.717) is 0 Å². The quantitative estimate of drug-likeness (QED) is 0.890. The van der Waals surface area contributed by atoms with Gasteiger partial charge in [0.25, 0.3) is 0 Å². The topological polar surface area (TPSA) is 29.1 Å². The summed E-state index contributed by atoms with van der Waals surface area (Å²) in [6.07, 6.45) is -0.294. The van der Waals surface area contributed by atoms with E-state index in [1.54, 1.807) is 0 Å². The fourth-order valence-corrected chi connectivity index (χ4v) is 2.05. The summed E-state index contributed by atoms with van der Waals surface area (Å²) in [5, 5.41) is 2.76. The van der Waals surface area contributed by atoms with E-state index in [1.165, 1.54) is 30.3 Å². The van der Waals surface area contributed by atoms with Crippen LogP contribution in [0.5, 0.6) is 0 Å². The molecule has 0 radical (unpaired) electrons. The van der Waals surface area contributed by atoms with E-state index in [4.69, 9.17) is 23.2 Å². The Morgan fingerprint density at radius 1 is 1.10 bits per heavy atom. The Morgan fingerprint density at radius 3 is 2.55 bits per heavy atom. The number of hydrogen-bond donors (Lipinski definition) is 1. The van der Waals surface area contributed by atoms with Gasteiger partial charge in [0.2, 0.25) is 5.91 Å². The molecule has 2 rings (SSSR count). The van der Waals surface area contributed by atoms with Crippen molar-refractivity contribution in [2.45, 2.75) is 6.42 Å². The van der Waals surface area contributed by atoms with Crippen LogP contribution in [0.15, 0.2) is 36.4 Å². The summed E-state index contributed by atoms with van der Waals surface area (Å²) in [4.78, 5) is 11.8. The van der Waals surface area contributed by atoms with E-state index in [1.807, 2.05) is 0 Å². The maximum absolute atomic E-state index is 13.5. The Hall–Kier alpha value is -1.65. The fraction of sp³-hybridized carbons (Fsp3) is 0.0714. The van der Waals surface area contributed by atoms with Crippen LogP contribution in [0.1, 0.15) is 5.56 Å². The van der Waals surface area contributed by atoms with Crippen LogP contribution in [0.3, 0.4) is 0 Å². The van der Waals surface area contributed by atoms with Gasteiger partial charge in [-0.1, -0.05) is 29.3 Å². The summed E-state index contributed by atoms with van der Waals surface area (Å²) in [6.45, 7) is 0. The maximum Gasteiger partial charge on any atom is 0.229 e. The Labute approximate surface area is 124 Å². The Balaban J connectivity index is 2.15. The molecule has 0 aliphatic rings. The number of carbonyl (C=O) groups is 1. The molecule has 0 aliphatic heterocycles. The molecule has 0 aliphatic carbocycles. The largest absolute Gasteiger partial charge is 0.323 e. The molecule has 2 aromatic carbocycles. The van der Waals surface area contributed by atoms with Crippen molar-refractivity contribution < 1.29 is 13.6 Å². The smallest absolute Gasteiger partial charge is 0.229 e. The molecule has 0 spiro atoms. The van der Waals surface area contributed by atoms with Crippen molar-refractivity contribution in [3.05, 3.63) is 63.6 Å². The normalized spacial score (nSPS) is 10.4. The number of nitrogens with one attached hydrogen (secondary N) is 1. The van der Waals surface area contributed by atoms with Crippen molar-refractivity contribution in [3.8, 4) is 0 Å². The SMILES string of the molecule is O=C(Cc1c(F)cccc1Cl)Nc1cc(Cl)ccc1F. The highest BCUT2D eigenvalue weighted by molar-refractivity contribution is 6.31. The van der Waals surface area contributed by atoms with E-state index in [-0.39, 0.29) is 27.7 Å². The van der Waals surface area contributed by atoms with Crippen LogP contribution in [-0.4, -0.2) is 5.91 Å². The van der Waals surface area contributed by atoms with Crippen molar-refractivity contribution in [2.24, 2.45) is 0 Å². The van der Waals surface area contributed by atoms with Gasteiger partial charge in [0.15, 0.2) is 0 Å². The van der Waals surface area contributed by atoms with E-state index in [0.717, 1.165) is 6.07 Å². The number of amides is 1. The van der Waals surface area contributed by atoms with Gasteiger partial charge < -0.3 is 5.32 Å². The molecular formula is C14H9Cl2F2NO. The minimum absolute atomic E-state index is 0.0602. The van der Waals surface area contributed by atoms with E-state index in [9.17, 15) is 13.6 Å². The average Bonchev–Trinajstić information content (AvgIpc) is 2.38. The summed E-state index contributed by atoms with van der Waals surface area (Å²) >= 11 is 11.5. The Bertz CT molecular complexity index is 641. The molecule has 0 unspecified atom stereocenters. The molecule has 0 atom stereocenters. The van der Waals surface area contributed by atoms with Gasteiger partial charge in [-0.3, -0.25) is 4.79 Å². The summed E-state index contributed by atoms with van der Waals surface area (Å²) in [5.74, 6) is -1.79. The minimum atomic E-state index is -0.623. The molecule has 0 fully saturated rings. The highest BCUT2D eigenvalue weighted by atomic mass is 35.5. The lowest BCUT2D eigenvalue weighted by molar-refractivity contribution is -0.115. The molecule has 0 bridgehead atoms. The Morgan fingerprint density at radius 2 is 1.85 bits per heavy atom. The minimum Gasteiger partial charge on any atom is -0.323 e. The summed E-state index contributed by atoms with van der Waals surface area (Å²) in [7, 11) is 0. The monoisotopic (exact) mass is 315 g/mol. The standard InChI is InChI=1S/C14H9Cl2F2NO/c15-8-4-5-12(18)13(6-8)19-14(20)7-9-10(16)2-1-3-11(9)17/h1-6H,7H2,(H,19,20). The zero-order chi connectivity index (χ0) is 14.7. The molecule has 2 aromatic rings. The van der Waals surface area contributed by atoms with Gasteiger partial charge in [0.05, 0.1) is 12.1 Å². The summed E-state index contributed by atoms with van der Waals surface area (Å²) < 4.78 is 27.0. The highest BCUT2D eigenvalue weighted by Gasteiger charge is 2.13. The Kier molecular flexibility index (Phi) is 4.57. The van der Waals surface area contributed by atoms with Gasteiger partial charge in [0.1, 0.15) is 11.6 Å². The first-order valence-electron chi connectivity index (χ1n) is 5.65. The zero-order valence-electron chi connectivity index (χ0n) is 10.1. The summed E-state index contributed by atoms with van der Waals surface area (Å²) in [5.41, 5.74) is 0.00376. The van der Waals surface area contributed by atoms with Crippen LogP contribution in [0, 0.1) is 11.6 Å². The highest BCUT2D eigenvalue weighted by Crippen LogP contribution is 2.22. The van der Waals surface area contributed by atoms with Crippen molar-refractivity contribution >= 4 is 34.8 Å². The average molecular weight is 316 g/mol. The van der Waals surface area contributed by atoms with Crippen LogP contribution in [0.4, 0.5) is 14.5 Å². The van der Waals surface area contributed by atoms with Crippen molar-refractivity contribution in [1.29, 1.82) is 0 Å². The van der Waals surface area contributed by atoms with E-state index < -0.39 is 17.5 Å². The van der Waals surface area contributed by atoms with Crippen LogP contribution < -0.4 is 5.32 Å². The molecule has 0 saturated carbocycles. The van der Waals surface area contributed by atoms with Gasteiger partial charge >= 0.3 is 0 Å². The third-order valence-electron chi connectivity index (χ3n) is 2.60. The lowest BCUT2D eigenvalue weighted by Gasteiger charge is -2.08.